The van der Waals surface area contributed by atoms with Crippen molar-refractivity contribution in [3.8, 4) is 5.75 Å². The first-order chi connectivity index (χ1) is 20.2. The molecule has 4 aromatic rings. The number of para-hydroxylation sites is 1. The van der Waals surface area contributed by atoms with Gasteiger partial charge in [0.2, 0.25) is 0 Å². The summed E-state index contributed by atoms with van der Waals surface area (Å²) in [6, 6.07) is 15.2. The van der Waals surface area contributed by atoms with Gasteiger partial charge in [0.25, 0.3) is 0 Å². The Kier molecular flexibility index (Phi) is 10.1. The number of nitrogens with two attached hydrogens (primary N) is 1. The lowest BCUT2D eigenvalue weighted by Crippen LogP contribution is -2.62. The van der Waals surface area contributed by atoms with E-state index < -0.39 is 12.6 Å². The van der Waals surface area contributed by atoms with E-state index in [1.54, 1.807) is 20.1 Å². The lowest BCUT2D eigenvalue weighted by molar-refractivity contribution is -0.980. The molecule has 0 radical (unpaired) electrons. The number of aryl methyl sites for hydroxylation is 1. The van der Waals surface area contributed by atoms with Crippen molar-refractivity contribution in [3.63, 3.8) is 0 Å². The number of hydrogen-bond donors (Lipinski definition) is 2. The number of carbonyl (C=O) groups is 2. The number of carboxylic acids is 1. The van der Waals surface area contributed by atoms with Crippen molar-refractivity contribution in [1.82, 2.24) is 19.5 Å². The molecule has 4 rings (SSSR count). The SMILES string of the molecule is CCN(CC)[N+](CCCn1c(CCOC)nc2c(N)nc3ccccc3c21)(Cc1cccc(OCC(=O)O)c1)C(C)=O. The van der Waals surface area contributed by atoms with E-state index in [0.717, 1.165) is 27.8 Å². The number of fused-ring (bicyclic) bond motifs is 3. The van der Waals surface area contributed by atoms with Crippen molar-refractivity contribution in [2.24, 2.45) is 0 Å². The third-order valence-corrected chi connectivity index (χ3v) is 7.69. The number of amides is 1. The van der Waals surface area contributed by atoms with E-state index >= 15 is 0 Å². The Balaban J connectivity index is 1.70. The second kappa shape index (κ2) is 13.7. The van der Waals surface area contributed by atoms with E-state index in [0.29, 0.717) is 69.3 Å². The van der Waals surface area contributed by atoms with Gasteiger partial charge in [0, 0.05) is 50.5 Å². The van der Waals surface area contributed by atoms with E-state index in [9.17, 15) is 9.59 Å². The van der Waals surface area contributed by atoms with Crippen LogP contribution in [-0.2, 0) is 33.8 Å². The lowest BCUT2D eigenvalue weighted by atomic mass is 10.1. The van der Waals surface area contributed by atoms with E-state index in [-0.39, 0.29) is 10.5 Å². The monoisotopic (exact) mass is 577 g/mol. The first-order valence-electron chi connectivity index (χ1n) is 14.3. The molecule has 0 aliphatic rings. The molecule has 0 fully saturated rings. The molecule has 0 bridgehead atoms. The van der Waals surface area contributed by atoms with Crippen LogP contribution in [0.3, 0.4) is 0 Å². The Morgan fingerprint density at radius 3 is 2.55 bits per heavy atom. The molecule has 1 unspecified atom stereocenters. The first kappa shape index (κ1) is 30.9. The van der Waals surface area contributed by atoms with Gasteiger partial charge in [-0.25, -0.2) is 19.6 Å². The first-order valence-corrected chi connectivity index (χ1v) is 14.3. The number of aliphatic carboxylic acids is 1. The predicted octanol–water partition coefficient (Wildman–Crippen LogP) is 4.03. The van der Waals surface area contributed by atoms with Gasteiger partial charge in [0.15, 0.2) is 12.4 Å². The third-order valence-electron chi connectivity index (χ3n) is 7.69. The molecule has 42 heavy (non-hydrogen) atoms. The van der Waals surface area contributed by atoms with E-state index in [2.05, 4.69) is 28.4 Å². The van der Waals surface area contributed by atoms with Crippen LogP contribution in [0.4, 0.5) is 5.82 Å². The summed E-state index contributed by atoms with van der Waals surface area (Å²) in [7, 11) is 1.67. The summed E-state index contributed by atoms with van der Waals surface area (Å²) in [6.07, 6.45) is 1.30. The van der Waals surface area contributed by atoms with E-state index in [4.69, 9.17) is 25.3 Å². The van der Waals surface area contributed by atoms with Crippen molar-refractivity contribution >= 4 is 39.6 Å². The van der Waals surface area contributed by atoms with Gasteiger partial charge in [-0.15, -0.1) is 5.01 Å². The number of anilines is 1. The highest BCUT2D eigenvalue weighted by Crippen LogP contribution is 2.30. The Morgan fingerprint density at radius 1 is 1.10 bits per heavy atom. The van der Waals surface area contributed by atoms with Crippen molar-refractivity contribution < 1.29 is 28.8 Å². The number of hydrogen-bond acceptors (Lipinski definition) is 8. The Morgan fingerprint density at radius 2 is 1.86 bits per heavy atom. The molecule has 2 heterocycles. The van der Waals surface area contributed by atoms with Gasteiger partial charge in [0.1, 0.15) is 30.2 Å². The Labute approximate surface area is 246 Å². The van der Waals surface area contributed by atoms with Gasteiger partial charge in [-0.1, -0.05) is 30.3 Å². The number of nitrogen functional groups attached to an aromatic ring is 1. The zero-order valence-corrected chi connectivity index (χ0v) is 24.9. The number of methoxy groups -OCH3 is 1. The molecular formula is C31H41N6O5+. The molecular weight excluding hydrogens is 536 g/mol. The highest BCUT2D eigenvalue weighted by atomic mass is 16.5. The van der Waals surface area contributed by atoms with E-state index in [1.165, 1.54) is 0 Å². The smallest absolute Gasteiger partial charge is 0.341 e. The van der Waals surface area contributed by atoms with Gasteiger partial charge in [-0.05, 0) is 32.0 Å². The molecule has 224 valence electrons. The van der Waals surface area contributed by atoms with Crippen LogP contribution in [0, 0.1) is 0 Å². The summed E-state index contributed by atoms with van der Waals surface area (Å²) in [5.41, 5.74) is 9.68. The molecule has 2 aromatic carbocycles. The molecule has 2 aromatic heterocycles. The van der Waals surface area contributed by atoms with Crippen LogP contribution in [0.2, 0.25) is 0 Å². The van der Waals surface area contributed by atoms with Crippen LogP contribution in [0.1, 0.15) is 38.6 Å². The maximum atomic E-state index is 13.5. The zero-order chi connectivity index (χ0) is 30.3. The standard InChI is InChI=1S/C31H40N6O5/c1-5-35(6-2)37(22(3)38,20-23-11-9-12-24(19-23)42-21-28(39)40)17-10-16-36-27(15-18-41-4)34-29-30(36)25-13-7-8-14-26(25)33-31(29)32/h7-9,11-14,19H,5-6,10,15-18,20-21H2,1-4H3,(H2-,32,33,39,40)/p+1. The Bertz CT molecular complexity index is 1550. The van der Waals surface area contributed by atoms with Crippen LogP contribution < -0.4 is 10.5 Å². The van der Waals surface area contributed by atoms with Gasteiger partial charge < -0.3 is 24.9 Å². The summed E-state index contributed by atoms with van der Waals surface area (Å²) in [4.78, 5) is 34.0. The summed E-state index contributed by atoms with van der Waals surface area (Å²) in [6.45, 7) is 8.81. The normalized spacial score (nSPS) is 13.1. The van der Waals surface area contributed by atoms with Gasteiger partial charge in [0.05, 0.1) is 24.6 Å². The number of carboxylic acid groups (broad SMARTS) is 1. The summed E-state index contributed by atoms with van der Waals surface area (Å²) in [5.74, 6) is 0.706. The molecule has 11 heteroatoms. The van der Waals surface area contributed by atoms with Crippen LogP contribution >= 0.6 is 0 Å². The zero-order valence-electron chi connectivity index (χ0n) is 24.9. The number of rotatable bonds is 15. The average molecular weight is 578 g/mol. The van der Waals surface area contributed by atoms with Crippen LogP contribution in [0.25, 0.3) is 21.9 Å². The molecule has 0 aliphatic heterocycles. The van der Waals surface area contributed by atoms with Crippen LogP contribution in [0.5, 0.6) is 5.75 Å². The minimum Gasteiger partial charge on any atom is -0.482 e. The minimum atomic E-state index is -1.04. The predicted molar refractivity (Wildman–Crippen MR) is 162 cm³/mol. The molecule has 0 spiro atoms. The molecule has 3 N–H and O–H groups in total. The summed E-state index contributed by atoms with van der Waals surface area (Å²) in [5, 5.41) is 12.2. The fraction of sp³-hybridized carbons (Fsp3) is 0.419. The molecule has 0 aliphatic carbocycles. The van der Waals surface area contributed by atoms with Crippen molar-refractivity contribution in [2.75, 3.05) is 45.7 Å². The van der Waals surface area contributed by atoms with Crippen LogP contribution in [0.15, 0.2) is 48.5 Å². The largest absolute Gasteiger partial charge is 0.482 e. The Hall–Kier alpha value is -4.06. The fourth-order valence-electron chi connectivity index (χ4n) is 5.75. The van der Waals surface area contributed by atoms with Gasteiger partial charge in [-0.3, -0.25) is 0 Å². The molecule has 1 amide bonds. The quantitative estimate of drug-likeness (QED) is 0.159. The molecule has 11 nitrogen and oxygen atoms in total. The van der Waals surface area contributed by atoms with Crippen LogP contribution in [-0.4, -0.2) is 81.1 Å². The minimum absolute atomic E-state index is 0.0320. The van der Waals surface area contributed by atoms with Gasteiger partial charge >= 0.3 is 11.9 Å². The number of nitrogens with zero attached hydrogens (tertiary/aromatic N) is 5. The van der Waals surface area contributed by atoms with Crippen molar-refractivity contribution in [2.45, 2.75) is 46.7 Å². The number of ether oxygens (including phenoxy) is 2. The second-order valence-corrected chi connectivity index (χ2v) is 10.3. The lowest BCUT2D eigenvalue weighted by Gasteiger charge is -2.42. The summed E-state index contributed by atoms with van der Waals surface area (Å²) >= 11 is 0. The second-order valence-electron chi connectivity index (χ2n) is 10.3. The third kappa shape index (κ3) is 6.53. The number of carbonyl (C=O) groups excluding carboxylic acids is 1. The summed E-state index contributed by atoms with van der Waals surface area (Å²) < 4.78 is 13.1. The highest BCUT2D eigenvalue weighted by molar-refractivity contribution is 6.06. The molecule has 0 saturated heterocycles. The maximum absolute atomic E-state index is 13.5. The molecule has 1 atom stereocenters. The van der Waals surface area contributed by atoms with Crippen molar-refractivity contribution in [3.05, 3.63) is 59.9 Å². The number of aromatic nitrogens is 3. The maximum Gasteiger partial charge on any atom is 0.341 e. The number of quaternary nitrogens is 1. The highest BCUT2D eigenvalue weighted by Gasteiger charge is 2.39. The van der Waals surface area contributed by atoms with E-state index in [1.807, 2.05) is 42.5 Å². The average Bonchev–Trinajstić information content (AvgIpc) is 3.34. The number of imidazole rings is 1. The van der Waals surface area contributed by atoms with Gasteiger partial charge in [-0.2, -0.15) is 4.59 Å². The molecule has 0 saturated carbocycles. The topological polar surface area (TPSA) is 133 Å². The number of benzene rings is 2. The van der Waals surface area contributed by atoms with Crippen molar-refractivity contribution in [1.29, 1.82) is 0 Å². The fourth-order valence-corrected chi connectivity index (χ4v) is 5.75. The number of pyridine rings is 1.